The molecule has 1 saturated heterocycles. The van der Waals surface area contributed by atoms with E-state index < -0.39 is 0 Å². The van der Waals surface area contributed by atoms with Gasteiger partial charge in [0, 0.05) is 31.3 Å². The summed E-state index contributed by atoms with van der Waals surface area (Å²) in [4.78, 5) is 13.6. The first-order valence-electron chi connectivity index (χ1n) is 11.9. The van der Waals surface area contributed by atoms with Gasteiger partial charge in [0.2, 0.25) is 5.91 Å². The molecule has 0 unspecified atom stereocenters. The van der Waals surface area contributed by atoms with E-state index in [1.54, 1.807) is 12.1 Å². The number of nitrogens with zero attached hydrogens (tertiary/aromatic N) is 3. The third-order valence-electron chi connectivity index (χ3n) is 7.23. The average Bonchev–Trinajstić information content (AvgIpc) is 3.53. The van der Waals surface area contributed by atoms with Crippen molar-refractivity contribution in [2.45, 2.75) is 32.7 Å². The van der Waals surface area contributed by atoms with Crippen molar-refractivity contribution in [3.05, 3.63) is 72.0 Å². The van der Waals surface area contributed by atoms with Crippen molar-refractivity contribution < 1.29 is 9.18 Å². The van der Waals surface area contributed by atoms with Crippen LogP contribution in [0.2, 0.25) is 0 Å². The number of piperidine rings is 1. The second-order valence-electron chi connectivity index (χ2n) is 9.61. The molecule has 0 radical (unpaired) electrons. The lowest BCUT2D eigenvalue weighted by Gasteiger charge is -2.33. The van der Waals surface area contributed by atoms with E-state index in [-0.39, 0.29) is 11.7 Å². The first kappa shape index (κ1) is 22.5. The van der Waals surface area contributed by atoms with Crippen LogP contribution in [0, 0.1) is 17.2 Å². The van der Waals surface area contributed by atoms with Crippen molar-refractivity contribution in [2.24, 2.45) is 11.3 Å². The maximum absolute atomic E-state index is 13.1. The Bertz CT molecular complexity index is 1120. The van der Waals surface area contributed by atoms with E-state index in [9.17, 15) is 9.18 Å². The van der Waals surface area contributed by atoms with E-state index in [4.69, 9.17) is 0 Å². The van der Waals surface area contributed by atoms with Gasteiger partial charge in [-0.2, -0.15) is 0 Å². The lowest BCUT2D eigenvalue weighted by Crippen LogP contribution is -2.35. The molecule has 1 aliphatic heterocycles. The van der Waals surface area contributed by atoms with Crippen molar-refractivity contribution in [3.8, 4) is 11.3 Å². The highest BCUT2D eigenvalue weighted by Gasteiger charge is 2.54. The molecule has 5 rings (SSSR count). The maximum Gasteiger partial charge on any atom is 0.221 e. The molecule has 1 atom stereocenters. The number of benzene rings is 2. The molecule has 2 heterocycles. The zero-order valence-corrected chi connectivity index (χ0v) is 19.4. The molecule has 2 N–H and O–H groups in total. The van der Waals surface area contributed by atoms with Gasteiger partial charge in [0.1, 0.15) is 11.6 Å². The molecule has 1 aliphatic carbocycles. The first-order chi connectivity index (χ1) is 16.5. The molecule has 0 bridgehead atoms. The molecule has 1 saturated carbocycles. The number of anilines is 2. The van der Waals surface area contributed by atoms with E-state index in [0.29, 0.717) is 11.3 Å². The maximum atomic E-state index is 13.1. The molecule has 2 aromatic carbocycles. The van der Waals surface area contributed by atoms with Crippen molar-refractivity contribution >= 4 is 17.4 Å². The Morgan fingerprint density at radius 1 is 1.03 bits per heavy atom. The summed E-state index contributed by atoms with van der Waals surface area (Å²) in [5.41, 5.74) is 4.17. The van der Waals surface area contributed by atoms with Crippen LogP contribution in [0.3, 0.4) is 0 Å². The minimum atomic E-state index is -0.175. The molecule has 1 aromatic heterocycles. The van der Waals surface area contributed by atoms with Crippen molar-refractivity contribution in [3.63, 3.8) is 0 Å². The van der Waals surface area contributed by atoms with Crippen LogP contribution in [-0.2, 0) is 11.3 Å². The van der Waals surface area contributed by atoms with Gasteiger partial charge < -0.3 is 10.6 Å². The second-order valence-corrected chi connectivity index (χ2v) is 9.61. The zero-order valence-electron chi connectivity index (χ0n) is 19.4. The molecule has 2 aliphatic rings. The van der Waals surface area contributed by atoms with E-state index in [1.807, 2.05) is 48.5 Å². The fourth-order valence-electron chi connectivity index (χ4n) is 5.07. The summed E-state index contributed by atoms with van der Waals surface area (Å²) in [6, 6.07) is 18.4. The van der Waals surface area contributed by atoms with Crippen molar-refractivity contribution in [1.82, 2.24) is 15.1 Å². The van der Waals surface area contributed by atoms with E-state index in [0.717, 1.165) is 48.9 Å². The summed E-state index contributed by atoms with van der Waals surface area (Å²) in [6.07, 6.45) is 3.72. The monoisotopic (exact) mass is 459 g/mol. The van der Waals surface area contributed by atoms with Crippen LogP contribution in [-0.4, -0.2) is 40.6 Å². The van der Waals surface area contributed by atoms with Crippen molar-refractivity contribution in [2.75, 3.05) is 30.3 Å². The Labute approximate surface area is 199 Å². The van der Waals surface area contributed by atoms with Gasteiger partial charge in [-0.05, 0) is 85.6 Å². The van der Waals surface area contributed by atoms with Crippen LogP contribution in [0.25, 0.3) is 11.3 Å². The topological polar surface area (TPSA) is 70.2 Å². The summed E-state index contributed by atoms with van der Waals surface area (Å²) >= 11 is 0. The smallest absolute Gasteiger partial charge is 0.221 e. The van der Waals surface area contributed by atoms with Crippen LogP contribution in [0.1, 0.15) is 31.7 Å². The molecular weight excluding hydrogens is 429 g/mol. The third kappa shape index (κ3) is 5.25. The lowest BCUT2D eigenvalue weighted by molar-refractivity contribution is -0.114. The second kappa shape index (κ2) is 9.50. The van der Waals surface area contributed by atoms with Gasteiger partial charge in [-0.25, -0.2) is 4.39 Å². The van der Waals surface area contributed by atoms with Crippen LogP contribution >= 0.6 is 0 Å². The Morgan fingerprint density at radius 2 is 1.76 bits per heavy atom. The normalized spacial score (nSPS) is 19.1. The van der Waals surface area contributed by atoms with Gasteiger partial charge in [-0.1, -0.05) is 24.3 Å². The Balaban J connectivity index is 1.08. The highest BCUT2D eigenvalue weighted by atomic mass is 19.1. The number of hydrogen-bond acceptors (Lipinski definition) is 5. The van der Waals surface area contributed by atoms with Gasteiger partial charge in [0.05, 0.1) is 5.69 Å². The summed E-state index contributed by atoms with van der Waals surface area (Å²) in [5.74, 6) is 1.22. The largest absolute Gasteiger partial charge is 0.368 e. The SMILES string of the molecule is CC(=O)Nc1ccc(-c2ccc(NC[C@@H]3CC34CCN(Cc3ccc(F)cc3)CC4)nn2)cc1. The number of rotatable bonds is 7. The predicted molar refractivity (Wildman–Crippen MR) is 132 cm³/mol. The Hall–Kier alpha value is -3.32. The molecule has 1 spiro atoms. The number of nitrogens with one attached hydrogen (secondary N) is 2. The van der Waals surface area contributed by atoms with Gasteiger partial charge in [0.25, 0.3) is 0 Å². The fourth-order valence-corrected chi connectivity index (χ4v) is 5.07. The van der Waals surface area contributed by atoms with E-state index in [1.165, 1.54) is 31.7 Å². The highest BCUT2D eigenvalue weighted by molar-refractivity contribution is 5.88. The number of hydrogen-bond donors (Lipinski definition) is 2. The number of carbonyl (C=O) groups is 1. The van der Waals surface area contributed by atoms with E-state index in [2.05, 4.69) is 25.7 Å². The molecule has 176 valence electrons. The molecule has 3 aromatic rings. The van der Waals surface area contributed by atoms with E-state index >= 15 is 0 Å². The number of aromatic nitrogens is 2. The highest BCUT2D eigenvalue weighted by Crippen LogP contribution is 2.59. The molecule has 2 fully saturated rings. The summed E-state index contributed by atoms with van der Waals surface area (Å²) < 4.78 is 13.1. The minimum Gasteiger partial charge on any atom is -0.368 e. The Kier molecular flexibility index (Phi) is 6.28. The van der Waals surface area contributed by atoms with Gasteiger partial charge >= 0.3 is 0 Å². The zero-order chi connectivity index (χ0) is 23.5. The molecule has 7 heteroatoms. The number of halogens is 1. The third-order valence-corrected chi connectivity index (χ3v) is 7.23. The average molecular weight is 460 g/mol. The molecule has 6 nitrogen and oxygen atoms in total. The molecule has 1 amide bonds. The number of amides is 1. The molecular formula is C27H30FN5O. The number of carbonyl (C=O) groups excluding carboxylic acids is 1. The minimum absolute atomic E-state index is 0.0871. The quantitative estimate of drug-likeness (QED) is 0.523. The van der Waals surface area contributed by atoms with Crippen LogP contribution < -0.4 is 10.6 Å². The summed E-state index contributed by atoms with van der Waals surface area (Å²) in [5, 5.41) is 15.0. The standard InChI is InChI=1S/C27H30FN5O/c1-19(34)30-24-8-4-21(5-9-24)25-10-11-26(32-31-25)29-17-22-16-27(22)12-14-33(15-13-27)18-20-2-6-23(28)7-3-20/h2-11,22H,12-18H2,1H3,(H,29,32)(H,30,34)/t22-/m0/s1. The number of likely N-dealkylation sites (tertiary alicyclic amines) is 1. The lowest BCUT2D eigenvalue weighted by atomic mass is 9.90. The predicted octanol–water partition coefficient (Wildman–Crippen LogP) is 4.96. The van der Waals surface area contributed by atoms with Gasteiger partial charge in [-0.15, -0.1) is 10.2 Å². The van der Waals surface area contributed by atoms with Crippen LogP contribution in [0.15, 0.2) is 60.7 Å². The van der Waals surface area contributed by atoms with Crippen LogP contribution in [0.4, 0.5) is 15.9 Å². The fraction of sp³-hybridized carbons (Fsp3) is 0.370. The van der Waals surface area contributed by atoms with Crippen LogP contribution in [0.5, 0.6) is 0 Å². The Morgan fingerprint density at radius 3 is 2.41 bits per heavy atom. The van der Waals surface area contributed by atoms with Gasteiger partial charge in [-0.3, -0.25) is 9.69 Å². The summed E-state index contributed by atoms with van der Waals surface area (Å²) in [6.45, 7) is 5.52. The molecule has 34 heavy (non-hydrogen) atoms. The van der Waals surface area contributed by atoms with Gasteiger partial charge in [0.15, 0.2) is 0 Å². The van der Waals surface area contributed by atoms with Crippen molar-refractivity contribution in [1.29, 1.82) is 0 Å². The summed E-state index contributed by atoms with van der Waals surface area (Å²) in [7, 11) is 0. The first-order valence-corrected chi connectivity index (χ1v) is 11.9.